The van der Waals surface area contributed by atoms with Crippen LogP contribution < -0.4 is 9.47 Å². The Morgan fingerprint density at radius 2 is 1.96 bits per heavy atom. The number of benzene rings is 2. The van der Waals surface area contributed by atoms with E-state index in [2.05, 4.69) is 4.99 Å². The molecule has 0 aromatic heterocycles. The van der Waals surface area contributed by atoms with Gasteiger partial charge in [-0.3, -0.25) is 10.1 Å². The number of carbonyl (C=O) groups is 1. The average molecular weight is 389 g/mol. The molecule has 0 fully saturated rings. The van der Waals surface area contributed by atoms with Crippen molar-refractivity contribution in [2.75, 3.05) is 14.2 Å². The van der Waals surface area contributed by atoms with E-state index in [1.54, 1.807) is 18.2 Å². The molecule has 0 bridgehead atoms. The molecule has 2 aromatic carbocycles. The Kier molecular flexibility index (Phi) is 5.09. The summed E-state index contributed by atoms with van der Waals surface area (Å²) in [6.07, 6.45) is 1.47. The molecule has 138 valence electrons. The molecule has 3 rings (SSSR count). The molecule has 0 aliphatic carbocycles. The number of esters is 1. The van der Waals surface area contributed by atoms with Crippen molar-refractivity contribution < 1.29 is 23.9 Å². The van der Waals surface area contributed by atoms with Gasteiger partial charge in [0, 0.05) is 17.7 Å². The highest BCUT2D eigenvalue weighted by Crippen LogP contribution is 2.30. The van der Waals surface area contributed by atoms with E-state index < -0.39 is 10.9 Å². The van der Waals surface area contributed by atoms with Crippen LogP contribution in [0.1, 0.15) is 11.1 Å². The van der Waals surface area contributed by atoms with Gasteiger partial charge in [0.25, 0.3) is 5.69 Å². The van der Waals surface area contributed by atoms with E-state index in [4.69, 9.17) is 25.8 Å². The zero-order valence-electron chi connectivity index (χ0n) is 14.3. The first-order chi connectivity index (χ1) is 12.9. The van der Waals surface area contributed by atoms with Crippen LogP contribution in [0.5, 0.6) is 11.5 Å². The van der Waals surface area contributed by atoms with Gasteiger partial charge in [0.1, 0.15) is 11.5 Å². The number of rotatable bonds is 5. The third kappa shape index (κ3) is 3.75. The maximum Gasteiger partial charge on any atom is 0.363 e. The first kappa shape index (κ1) is 18.4. The van der Waals surface area contributed by atoms with Crippen molar-refractivity contribution in [2.24, 2.45) is 4.99 Å². The van der Waals surface area contributed by atoms with E-state index in [0.717, 1.165) is 0 Å². The van der Waals surface area contributed by atoms with E-state index in [-0.39, 0.29) is 27.9 Å². The Morgan fingerprint density at radius 1 is 1.19 bits per heavy atom. The van der Waals surface area contributed by atoms with Gasteiger partial charge < -0.3 is 14.2 Å². The lowest BCUT2D eigenvalue weighted by molar-refractivity contribution is -0.384. The fraction of sp³-hybridized carbons (Fsp3) is 0.111. The number of aliphatic imine (C=N–C) groups is 1. The summed E-state index contributed by atoms with van der Waals surface area (Å²) in [4.78, 5) is 26.7. The summed E-state index contributed by atoms with van der Waals surface area (Å²) in [6, 6.07) is 8.87. The summed E-state index contributed by atoms with van der Waals surface area (Å²) in [5.41, 5.74) is 0.512. The van der Waals surface area contributed by atoms with Crippen LogP contribution >= 0.6 is 11.6 Å². The predicted molar refractivity (Wildman–Crippen MR) is 98.3 cm³/mol. The van der Waals surface area contributed by atoms with Crippen LogP contribution in [0.2, 0.25) is 5.02 Å². The number of carbonyl (C=O) groups excluding carboxylic acids is 1. The summed E-state index contributed by atoms with van der Waals surface area (Å²) < 4.78 is 15.6. The molecule has 0 saturated carbocycles. The van der Waals surface area contributed by atoms with Crippen LogP contribution in [-0.2, 0) is 9.53 Å². The molecule has 0 saturated heterocycles. The molecule has 1 aliphatic heterocycles. The standard InChI is InChI=1S/C18H13ClN2O6/c1-25-12-4-6-16(26-2)10(7-12)8-15-18(22)27-17(20-15)13-9-11(21(23)24)3-5-14(13)19/h3-9H,1-2H3/b15-8+. The average Bonchev–Trinajstić information content (AvgIpc) is 3.02. The molecule has 0 unspecified atom stereocenters. The van der Waals surface area contributed by atoms with Gasteiger partial charge in [-0.1, -0.05) is 11.6 Å². The molecule has 0 spiro atoms. The number of hydrogen-bond donors (Lipinski definition) is 0. The molecule has 0 radical (unpaired) electrons. The van der Waals surface area contributed by atoms with Crippen molar-refractivity contribution in [1.29, 1.82) is 0 Å². The van der Waals surface area contributed by atoms with E-state index in [1.807, 2.05) is 0 Å². The van der Waals surface area contributed by atoms with Gasteiger partial charge in [0.15, 0.2) is 5.70 Å². The zero-order valence-corrected chi connectivity index (χ0v) is 15.0. The fourth-order valence-corrected chi connectivity index (χ4v) is 2.61. The van der Waals surface area contributed by atoms with Crippen molar-refractivity contribution in [3.63, 3.8) is 0 Å². The van der Waals surface area contributed by atoms with Crippen molar-refractivity contribution in [3.8, 4) is 11.5 Å². The molecular weight excluding hydrogens is 376 g/mol. The van der Waals surface area contributed by atoms with Crippen molar-refractivity contribution in [3.05, 3.63) is 68.4 Å². The summed E-state index contributed by atoms with van der Waals surface area (Å²) in [6.45, 7) is 0. The van der Waals surface area contributed by atoms with E-state index in [0.29, 0.717) is 17.1 Å². The Hall–Kier alpha value is -3.39. The second kappa shape index (κ2) is 7.46. The third-order valence-electron chi connectivity index (χ3n) is 3.74. The zero-order chi connectivity index (χ0) is 19.6. The highest BCUT2D eigenvalue weighted by atomic mass is 35.5. The van der Waals surface area contributed by atoms with Gasteiger partial charge in [-0.2, -0.15) is 0 Å². The summed E-state index contributed by atoms with van der Waals surface area (Å²) in [7, 11) is 3.01. The number of methoxy groups -OCH3 is 2. The van der Waals surface area contributed by atoms with Gasteiger partial charge in [0.2, 0.25) is 5.90 Å². The molecule has 8 nitrogen and oxygen atoms in total. The third-order valence-corrected chi connectivity index (χ3v) is 4.07. The van der Waals surface area contributed by atoms with Crippen molar-refractivity contribution >= 4 is 35.2 Å². The van der Waals surface area contributed by atoms with Crippen LogP contribution in [0.15, 0.2) is 47.1 Å². The first-order valence-corrected chi connectivity index (χ1v) is 7.99. The Labute approximate surface area is 158 Å². The van der Waals surface area contributed by atoms with Gasteiger partial charge in [-0.05, 0) is 30.3 Å². The van der Waals surface area contributed by atoms with Gasteiger partial charge in [-0.15, -0.1) is 0 Å². The minimum absolute atomic E-state index is 0.000809. The number of nitro benzene ring substituents is 1. The topological polar surface area (TPSA) is 100 Å². The summed E-state index contributed by atoms with van der Waals surface area (Å²) in [5, 5.41) is 11.1. The van der Waals surface area contributed by atoms with Gasteiger partial charge in [-0.25, -0.2) is 9.79 Å². The van der Waals surface area contributed by atoms with Crippen LogP contribution in [0, 0.1) is 10.1 Å². The minimum atomic E-state index is -0.711. The van der Waals surface area contributed by atoms with Crippen LogP contribution in [0.25, 0.3) is 6.08 Å². The number of halogens is 1. The largest absolute Gasteiger partial charge is 0.497 e. The molecule has 0 N–H and O–H groups in total. The number of nitrogens with zero attached hydrogens (tertiary/aromatic N) is 2. The number of non-ortho nitro benzene ring substituents is 1. The maximum absolute atomic E-state index is 12.2. The van der Waals surface area contributed by atoms with Crippen LogP contribution in [0.4, 0.5) is 5.69 Å². The number of nitro groups is 1. The van der Waals surface area contributed by atoms with E-state index in [1.165, 1.54) is 38.5 Å². The van der Waals surface area contributed by atoms with Gasteiger partial charge in [0.05, 0.1) is 29.7 Å². The molecule has 9 heteroatoms. The molecular formula is C18H13ClN2O6. The lowest BCUT2D eigenvalue weighted by Crippen LogP contribution is -2.06. The number of cyclic esters (lactones) is 1. The molecule has 0 amide bonds. The van der Waals surface area contributed by atoms with Crippen molar-refractivity contribution in [1.82, 2.24) is 0 Å². The smallest absolute Gasteiger partial charge is 0.363 e. The second-order valence-electron chi connectivity index (χ2n) is 5.37. The van der Waals surface area contributed by atoms with E-state index >= 15 is 0 Å². The summed E-state index contributed by atoms with van der Waals surface area (Å²) in [5.74, 6) is 0.257. The Balaban J connectivity index is 2.04. The van der Waals surface area contributed by atoms with Crippen LogP contribution in [0.3, 0.4) is 0 Å². The fourth-order valence-electron chi connectivity index (χ4n) is 2.41. The normalized spacial score (nSPS) is 14.7. The maximum atomic E-state index is 12.2. The highest BCUT2D eigenvalue weighted by Gasteiger charge is 2.27. The lowest BCUT2D eigenvalue weighted by Gasteiger charge is -2.07. The van der Waals surface area contributed by atoms with E-state index in [9.17, 15) is 14.9 Å². The molecule has 2 aromatic rings. The number of ether oxygens (including phenoxy) is 3. The summed E-state index contributed by atoms with van der Waals surface area (Å²) >= 11 is 6.07. The van der Waals surface area contributed by atoms with Crippen LogP contribution in [-0.4, -0.2) is 31.0 Å². The predicted octanol–water partition coefficient (Wildman–Crippen LogP) is 3.61. The monoisotopic (exact) mass is 388 g/mol. The van der Waals surface area contributed by atoms with Gasteiger partial charge >= 0.3 is 5.97 Å². The molecule has 1 heterocycles. The lowest BCUT2D eigenvalue weighted by atomic mass is 10.1. The number of hydrogen-bond acceptors (Lipinski definition) is 7. The molecule has 1 aliphatic rings. The first-order valence-electron chi connectivity index (χ1n) is 7.62. The SMILES string of the molecule is COc1ccc(OC)c(/C=C2/N=C(c3cc([N+](=O)[O-])ccc3Cl)OC2=O)c1. The highest BCUT2D eigenvalue weighted by molar-refractivity contribution is 6.34. The molecule has 0 atom stereocenters. The van der Waals surface area contributed by atoms with Crippen molar-refractivity contribution in [2.45, 2.75) is 0 Å². The quantitative estimate of drug-likeness (QED) is 0.335. The second-order valence-corrected chi connectivity index (χ2v) is 5.77. The Morgan fingerprint density at radius 3 is 2.63 bits per heavy atom. The molecule has 27 heavy (non-hydrogen) atoms. The Bertz CT molecular complexity index is 999. The minimum Gasteiger partial charge on any atom is -0.497 e.